The average Bonchev–Trinajstić information content (AvgIpc) is 3.43. The van der Waals surface area contributed by atoms with Gasteiger partial charge in [0.15, 0.2) is 0 Å². The Morgan fingerprint density at radius 3 is 2.62 bits per heavy atom. The summed E-state index contributed by atoms with van der Waals surface area (Å²) in [5.41, 5.74) is 2.96. The highest BCUT2D eigenvalue weighted by molar-refractivity contribution is 6.39. The molecule has 2 bridgehead atoms. The van der Waals surface area contributed by atoms with E-state index >= 15 is 0 Å². The van der Waals surface area contributed by atoms with Crippen LogP contribution in [0.15, 0.2) is 40.9 Å². The highest BCUT2D eigenvalue weighted by atomic mass is 35.5. The minimum atomic E-state index is -0.434. The quantitative estimate of drug-likeness (QED) is 0.241. The molecule has 0 spiro atoms. The minimum absolute atomic E-state index is 0.0676. The minimum Gasteiger partial charge on any atom is -0.466 e. The fourth-order valence-electron chi connectivity index (χ4n) is 5.92. The molecule has 3 fully saturated rings. The largest absolute Gasteiger partial charge is 0.466 e. The van der Waals surface area contributed by atoms with Crippen molar-refractivity contribution in [2.45, 2.75) is 70.1 Å². The second-order valence-corrected chi connectivity index (χ2v) is 11.4. The second kappa shape index (κ2) is 11.1. The van der Waals surface area contributed by atoms with Crippen molar-refractivity contribution < 1.29 is 28.0 Å². The molecule has 3 atom stereocenters. The Bertz CT molecular complexity index is 1440. The number of esters is 1. The molecule has 3 aliphatic rings. The molecule has 2 aromatic carbocycles. The third-order valence-corrected chi connectivity index (χ3v) is 8.66. The molecule has 1 aliphatic heterocycles. The van der Waals surface area contributed by atoms with Gasteiger partial charge in [-0.05, 0) is 68.9 Å². The van der Waals surface area contributed by atoms with E-state index in [1.54, 1.807) is 42.2 Å². The molecule has 1 amide bonds. The van der Waals surface area contributed by atoms with Gasteiger partial charge in [0.05, 0.1) is 35.3 Å². The van der Waals surface area contributed by atoms with Crippen LogP contribution in [0.1, 0.15) is 61.8 Å². The molecular formula is C30H29Cl2FN2O5. The number of rotatable bonds is 10. The number of hydrogen-bond acceptors (Lipinski definition) is 6. The van der Waals surface area contributed by atoms with Crippen molar-refractivity contribution in [2.75, 3.05) is 11.5 Å². The van der Waals surface area contributed by atoms with Gasteiger partial charge >= 0.3 is 5.97 Å². The Labute approximate surface area is 241 Å². The zero-order valence-corrected chi connectivity index (χ0v) is 23.5. The number of hydrogen-bond donors (Lipinski definition) is 0. The lowest BCUT2D eigenvalue weighted by Gasteiger charge is -2.31. The number of nitrogens with zero attached hydrogens (tertiary/aromatic N) is 2. The monoisotopic (exact) mass is 586 g/mol. The number of aryl methyl sites for hydroxylation is 1. The normalized spacial score (nSPS) is 21.9. The summed E-state index contributed by atoms with van der Waals surface area (Å²) in [5.74, 6) is -0.0817. The first-order valence-electron chi connectivity index (χ1n) is 13.7. The van der Waals surface area contributed by atoms with E-state index in [4.69, 9.17) is 37.2 Å². The van der Waals surface area contributed by atoms with Crippen molar-refractivity contribution >= 4 is 40.8 Å². The molecule has 1 saturated heterocycles. The van der Waals surface area contributed by atoms with Gasteiger partial charge in [-0.15, -0.1) is 0 Å². The Morgan fingerprint density at radius 1 is 1.18 bits per heavy atom. The van der Waals surface area contributed by atoms with E-state index in [9.17, 15) is 14.0 Å². The predicted molar refractivity (Wildman–Crippen MR) is 148 cm³/mol. The van der Waals surface area contributed by atoms with Gasteiger partial charge in [0, 0.05) is 35.2 Å². The molecule has 0 N–H and O–H groups in total. The number of anilines is 1. The first kappa shape index (κ1) is 27.2. The number of fused-ring (bicyclic) bond motifs is 2. The molecule has 3 aromatic rings. The Balaban J connectivity index is 1.14. The number of piperidine rings is 1. The standard InChI is InChI=1S/C30H29Cl2FN2O5/c1-2-38-26(36)11-9-16-8-10-18(13-24(16)33)35-19-12-20(30(35)37)25(14-19)39-15-21-28(34-40-29(21)17-6-7-17)27-22(31)4-3-5-23(27)32/h3-5,8,10,13,17,19-20,25H,2,6-7,9,11-12,14-15H2,1H3/t19-,20+,25?/m0/s1. The van der Waals surface area contributed by atoms with Gasteiger partial charge in [0.1, 0.15) is 17.3 Å². The van der Waals surface area contributed by atoms with Gasteiger partial charge in [-0.1, -0.05) is 40.5 Å². The van der Waals surface area contributed by atoms with Crippen LogP contribution in [-0.2, 0) is 32.1 Å². The van der Waals surface area contributed by atoms with E-state index in [1.165, 1.54) is 6.07 Å². The molecular weight excluding hydrogens is 558 g/mol. The van der Waals surface area contributed by atoms with Gasteiger partial charge in [-0.25, -0.2) is 4.39 Å². The summed E-state index contributed by atoms with van der Waals surface area (Å²) in [6.07, 6.45) is 3.44. The number of carbonyl (C=O) groups is 2. The Hall–Kier alpha value is -2.94. The van der Waals surface area contributed by atoms with Crippen LogP contribution >= 0.6 is 23.2 Å². The molecule has 2 aliphatic carbocycles. The number of benzene rings is 2. The number of ether oxygens (including phenoxy) is 2. The van der Waals surface area contributed by atoms with Crippen LogP contribution in [0.2, 0.25) is 10.0 Å². The maximum Gasteiger partial charge on any atom is 0.306 e. The van der Waals surface area contributed by atoms with Gasteiger partial charge < -0.3 is 18.9 Å². The Kier molecular flexibility index (Phi) is 7.59. The third kappa shape index (κ3) is 5.13. The fraction of sp³-hybridized carbons (Fsp3) is 0.433. The number of amides is 1. The highest BCUT2D eigenvalue weighted by Gasteiger charge is 2.52. The molecule has 0 radical (unpaired) electrons. The summed E-state index contributed by atoms with van der Waals surface area (Å²) in [6.45, 7) is 2.26. The second-order valence-electron chi connectivity index (χ2n) is 10.6. The van der Waals surface area contributed by atoms with E-state index < -0.39 is 5.82 Å². The molecule has 2 heterocycles. The maximum absolute atomic E-state index is 14.9. The predicted octanol–water partition coefficient (Wildman–Crippen LogP) is 6.87. The van der Waals surface area contributed by atoms with Crippen molar-refractivity contribution in [1.29, 1.82) is 0 Å². The van der Waals surface area contributed by atoms with E-state index in [0.717, 1.165) is 24.2 Å². The van der Waals surface area contributed by atoms with Gasteiger partial charge in [0.2, 0.25) is 5.91 Å². The van der Waals surface area contributed by atoms with Crippen molar-refractivity contribution in [3.8, 4) is 11.3 Å². The van der Waals surface area contributed by atoms with Gasteiger partial charge in [-0.2, -0.15) is 0 Å². The van der Waals surface area contributed by atoms with Crippen molar-refractivity contribution in [1.82, 2.24) is 5.16 Å². The summed E-state index contributed by atoms with van der Waals surface area (Å²) in [6, 6.07) is 10.0. The highest BCUT2D eigenvalue weighted by Crippen LogP contribution is 2.47. The molecule has 40 heavy (non-hydrogen) atoms. The molecule has 1 aromatic heterocycles. The van der Waals surface area contributed by atoms with Crippen molar-refractivity contribution in [2.24, 2.45) is 5.92 Å². The van der Waals surface area contributed by atoms with Crippen LogP contribution < -0.4 is 4.90 Å². The van der Waals surface area contributed by atoms with Crippen LogP contribution in [0.25, 0.3) is 11.3 Å². The third-order valence-electron chi connectivity index (χ3n) is 8.03. The lowest BCUT2D eigenvalue weighted by atomic mass is 10.0. The maximum atomic E-state index is 14.9. The van der Waals surface area contributed by atoms with Gasteiger partial charge in [0.25, 0.3) is 0 Å². The van der Waals surface area contributed by atoms with Crippen LogP contribution in [-0.4, -0.2) is 35.8 Å². The molecule has 1 unspecified atom stereocenters. The number of aromatic nitrogens is 1. The zero-order valence-electron chi connectivity index (χ0n) is 22.0. The molecule has 10 heteroatoms. The SMILES string of the molecule is CCOC(=O)CCc1ccc(N2C(=O)[C@@H]3C[C@H]2CC3OCc2c(-c3c(Cl)cccc3Cl)noc2C2CC2)cc1F. The van der Waals surface area contributed by atoms with E-state index in [2.05, 4.69) is 5.16 Å². The van der Waals surface area contributed by atoms with Gasteiger partial charge in [-0.3, -0.25) is 9.59 Å². The summed E-state index contributed by atoms with van der Waals surface area (Å²) in [7, 11) is 0. The summed E-state index contributed by atoms with van der Waals surface area (Å²) in [5, 5.41) is 5.28. The summed E-state index contributed by atoms with van der Waals surface area (Å²) < 4.78 is 31.9. The van der Waals surface area contributed by atoms with Crippen LogP contribution in [0.3, 0.4) is 0 Å². The lowest BCUT2D eigenvalue weighted by Crippen LogP contribution is -2.43. The summed E-state index contributed by atoms with van der Waals surface area (Å²) in [4.78, 5) is 26.7. The van der Waals surface area contributed by atoms with Crippen LogP contribution in [0, 0.1) is 11.7 Å². The zero-order chi connectivity index (χ0) is 28.0. The lowest BCUT2D eigenvalue weighted by molar-refractivity contribution is -0.143. The smallest absolute Gasteiger partial charge is 0.306 e. The molecule has 7 nitrogen and oxygen atoms in total. The number of halogens is 3. The Morgan fingerprint density at radius 2 is 1.95 bits per heavy atom. The van der Waals surface area contributed by atoms with Crippen molar-refractivity contribution in [3.63, 3.8) is 0 Å². The fourth-order valence-corrected chi connectivity index (χ4v) is 6.50. The first-order valence-corrected chi connectivity index (χ1v) is 14.4. The van der Waals surface area contributed by atoms with E-state index in [1.807, 2.05) is 0 Å². The molecule has 2 saturated carbocycles. The average molecular weight is 587 g/mol. The number of carbonyl (C=O) groups excluding carboxylic acids is 2. The van der Waals surface area contributed by atoms with Crippen molar-refractivity contribution in [3.05, 3.63) is 69.1 Å². The van der Waals surface area contributed by atoms with Crippen LogP contribution in [0.5, 0.6) is 0 Å². The topological polar surface area (TPSA) is 81.9 Å². The molecule has 210 valence electrons. The van der Waals surface area contributed by atoms with E-state index in [-0.39, 0.29) is 49.4 Å². The molecule has 6 rings (SSSR count). The van der Waals surface area contributed by atoms with E-state index in [0.29, 0.717) is 57.9 Å². The van der Waals surface area contributed by atoms with Crippen LogP contribution in [0.4, 0.5) is 10.1 Å². The first-order chi connectivity index (χ1) is 19.4. The summed E-state index contributed by atoms with van der Waals surface area (Å²) >= 11 is 12.9.